The number of rotatable bonds is 4. The highest BCUT2D eigenvalue weighted by molar-refractivity contribution is 5.88. The molecule has 0 heterocycles. The molecule has 1 amide bonds. The molecule has 0 atom stereocenters. The molecular weight excluding hydrogens is 250 g/mol. The van der Waals surface area contributed by atoms with Gasteiger partial charge < -0.3 is 10.1 Å². The molecule has 2 aromatic carbocycles. The first-order valence-electron chi connectivity index (χ1n) is 6.70. The predicted octanol–water partition coefficient (Wildman–Crippen LogP) is 4.56. The van der Waals surface area contributed by atoms with Gasteiger partial charge in [-0.2, -0.15) is 0 Å². The number of nitrogens with one attached hydrogen (secondary N) is 1. The molecule has 0 aliphatic heterocycles. The van der Waals surface area contributed by atoms with Crippen molar-refractivity contribution in [3.05, 3.63) is 54.1 Å². The summed E-state index contributed by atoms with van der Waals surface area (Å²) in [5.41, 5.74) is 1.97. The second-order valence-corrected chi connectivity index (χ2v) is 5.04. The lowest BCUT2D eigenvalue weighted by Gasteiger charge is -2.10. The highest BCUT2D eigenvalue weighted by Gasteiger charge is 2.03. The molecule has 20 heavy (non-hydrogen) atoms. The third-order valence-corrected chi connectivity index (χ3v) is 2.91. The molecule has 0 aromatic heterocycles. The zero-order valence-electron chi connectivity index (χ0n) is 12.0. The fourth-order valence-electron chi connectivity index (χ4n) is 1.91. The molecular formula is C17H19NO2. The van der Waals surface area contributed by atoms with Crippen LogP contribution in [0.1, 0.15) is 32.3 Å². The maximum absolute atomic E-state index is 11.1. The molecule has 2 aromatic rings. The van der Waals surface area contributed by atoms with Crippen molar-refractivity contribution in [2.75, 3.05) is 5.32 Å². The number of carbonyl (C=O) groups is 1. The van der Waals surface area contributed by atoms with Crippen molar-refractivity contribution >= 4 is 11.6 Å². The molecule has 0 bridgehead atoms. The lowest BCUT2D eigenvalue weighted by Crippen LogP contribution is -2.05. The van der Waals surface area contributed by atoms with Crippen LogP contribution in [0.5, 0.6) is 11.5 Å². The fourth-order valence-corrected chi connectivity index (χ4v) is 1.91. The largest absolute Gasteiger partial charge is 0.457 e. The van der Waals surface area contributed by atoms with Crippen LogP contribution in [0.4, 0.5) is 5.69 Å². The number of hydrogen-bond donors (Lipinski definition) is 1. The van der Waals surface area contributed by atoms with E-state index in [-0.39, 0.29) is 5.91 Å². The first kappa shape index (κ1) is 14.1. The van der Waals surface area contributed by atoms with E-state index in [4.69, 9.17) is 4.74 Å². The molecule has 0 saturated heterocycles. The van der Waals surface area contributed by atoms with Crippen molar-refractivity contribution in [1.29, 1.82) is 0 Å². The topological polar surface area (TPSA) is 38.3 Å². The van der Waals surface area contributed by atoms with Gasteiger partial charge in [0.25, 0.3) is 0 Å². The smallest absolute Gasteiger partial charge is 0.221 e. The number of anilines is 1. The maximum atomic E-state index is 11.1. The van der Waals surface area contributed by atoms with Gasteiger partial charge in [-0.15, -0.1) is 0 Å². The Labute approximate surface area is 119 Å². The molecule has 2 rings (SSSR count). The van der Waals surface area contributed by atoms with E-state index in [9.17, 15) is 4.79 Å². The molecule has 0 spiro atoms. The average molecular weight is 269 g/mol. The van der Waals surface area contributed by atoms with Crippen molar-refractivity contribution in [3.63, 3.8) is 0 Å². The Bertz CT molecular complexity index is 605. The number of benzene rings is 2. The van der Waals surface area contributed by atoms with Crippen molar-refractivity contribution < 1.29 is 9.53 Å². The van der Waals surface area contributed by atoms with Gasteiger partial charge in [0, 0.05) is 18.7 Å². The number of ether oxygens (including phenoxy) is 1. The van der Waals surface area contributed by atoms with Gasteiger partial charge in [-0.3, -0.25) is 4.79 Å². The highest BCUT2D eigenvalue weighted by Crippen LogP contribution is 2.26. The first-order valence-corrected chi connectivity index (χ1v) is 6.70. The summed E-state index contributed by atoms with van der Waals surface area (Å²) in [6, 6.07) is 15.4. The minimum Gasteiger partial charge on any atom is -0.457 e. The number of amides is 1. The van der Waals surface area contributed by atoms with Gasteiger partial charge in [-0.25, -0.2) is 0 Å². The van der Waals surface area contributed by atoms with Gasteiger partial charge in [0.15, 0.2) is 0 Å². The fraction of sp³-hybridized carbons (Fsp3) is 0.235. The standard InChI is InChI=1S/C17H19NO2/c1-12(2)14-6-4-8-16(10-14)20-17-9-5-7-15(11-17)18-13(3)19/h4-12H,1-3H3,(H,18,19). The van der Waals surface area contributed by atoms with E-state index >= 15 is 0 Å². The lowest BCUT2D eigenvalue weighted by molar-refractivity contribution is -0.114. The molecule has 0 radical (unpaired) electrons. The van der Waals surface area contributed by atoms with Crippen LogP contribution in [0.2, 0.25) is 0 Å². The van der Waals surface area contributed by atoms with E-state index in [0.29, 0.717) is 11.7 Å². The van der Waals surface area contributed by atoms with Crippen LogP contribution < -0.4 is 10.1 Å². The van der Waals surface area contributed by atoms with E-state index in [1.165, 1.54) is 12.5 Å². The summed E-state index contributed by atoms with van der Waals surface area (Å²) < 4.78 is 5.84. The normalized spacial score (nSPS) is 10.4. The second kappa shape index (κ2) is 6.24. The molecule has 0 aliphatic rings. The molecule has 0 fully saturated rings. The summed E-state index contributed by atoms with van der Waals surface area (Å²) in [4.78, 5) is 11.1. The number of carbonyl (C=O) groups excluding carboxylic acids is 1. The van der Waals surface area contributed by atoms with Gasteiger partial charge >= 0.3 is 0 Å². The van der Waals surface area contributed by atoms with E-state index in [2.05, 4.69) is 25.2 Å². The van der Waals surface area contributed by atoms with Crippen LogP contribution in [0, 0.1) is 0 Å². The SMILES string of the molecule is CC(=O)Nc1cccc(Oc2cccc(C(C)C)c2)c1. The number of hydrogen-bond acceptors (Lipinski definition) is 2. The summed E-state index contributed by atoms with van der Waals surface area (Å²) in [5, 5.41) is 2.74. The van der Waals surface area contributed by atoms with Crippen LogP contribution in [0.15, 0.2) is 48.5 Å². The molecule has 0 aliphatic carbocycles. The van der Waals surface area contributed by atoms with Gasteiger partial charge in [0.05, 0.1) is 0 Å². The van der Waals surface area contributed by atoms with Crippen molar-refractivity contribution in [1.82, 2.24) is 0 Å². The predicted molar refractivity (Wildman–Crippen MR) is 81.4 cm³/mol. The zero-order chi connectivity index (χ0) is 14.5. The molecule has 0 unspecified atom stereocenters. The Morgan fingerprint density at radius 2 is 1.70 bits per heavy atom. The maximum Gasteiger partial charge on any atom is 0.221 e. The zero-order valence-corrected chi connectivity index (χ0v) is 12.0. The Morgan fingerprint density at radius 3 is 2.35 bits per heavy atom. The van der Waals surface area contributed by atoms with E-state index < -0.39 is 0 Å². The lowest BCUT2D eigenvalue weighted by atomic mass is 10.0. The molecule has 104 valence electrons. The Balaban J connectivity index is 2.17. The van der Waals surface area contributed by atoms with Crippen LogP contribution >= 0.6 is 0 Å². The highest BCUT2D eigenvalue weighted by atomic mass is 16.5. The summed E-state index contributed by atoms with van der Waals surface area (Å²) in [6.07, 6.45) is 0. The van der Waals surface area contributed by atoms with Crippen molar-refractivity contribution in [3.8, 4) is 11.5 Å². The minimum absolute atomic E-state index is 0.0936. The van der Waals surface area contributed by atoms with Gasteiger partial charge in [-0.05, 0) is 35.7 Å². The summed E-state index contributed by atoms with van der Waals surface area (Å²) in [6.45, 7) is 5.78. The molecule has 0 saturated carbocycles. The Morgan fingerprint density at radius 1 is 1.05 bits per heavy atom. The van der Waals surface area contributed by atoms with E-state index in [1.807, 2.05) is 42.5 Å². The van der Waals surface area contributed by atoms with Crippen LogP contribution in [0.3, 0.4) is 0 Å². The van der Waals surface area contributed by atoms with Gasteiger partial charge in [-0.1, -0.05) is 32.0 Å². The van der Waals surface area contributed by atoms with Crippen LogP contribution in [-0.2, 0) is 4.79 Å². The van der Waals surface area contributed by atoms with E-state index in [1.54, 1.807) is 0 Å². The third-order valence-electron chi connectivity index (χ3n) is 2.91. The minimum atomic E-state index is -0.0936. The van der Waals surface area contributed by atoms with Gasteiger partial charge in [0.2, 0.25) is 5.91 Å². The summed E-state index contributed by atoms with van der Waals surface area (Å²) in [5.74, 6) is 1.88. The quantitative estimate of drug-likeness (QED) is 0.883. The van der Waals surface area contributed by atoms with Crippen LogP contribution in [-0.4, -0.2) is 5.91 Å². The van der Waals surface area contributed by atoms with Crippen molar-refractivity contribution in [2.24, 2.45) is 0 Å². The van der Waals surface area contributed by atoms with Crippen molar-refractivity contribution in [2.45, 2.75) is 26.7 Å². The Hall–Kier alpha value is -2.29. The third kappa shape index (κ3) is 3.85. The first-order chi connectivity index (χ1) is 9.54. The van der Waals surface area contributed by atoms with Gasteiger partial charge in [0.1, 0.15) is 11.5 Å². The monoisotopic (exact) mass is 269 g/mol. The summed E-state index contributed by atoms with van der Waals surface area (Å²) in [7, 11) is 0. The second-order valence-electron chi connectivity index (χ2n) is 5.04. The summed E-state index contributed by atoms with van der Waals surface area (Å²) >= 11 is 0. The molecule has 1 N–H and O–H groups in total. The Kier molecular flexibility index (Phi) is 4.41. The molecule has 3 nitrogen and oxygen atoms in total. The van der Waals surface area contributed by atoms with Crippen LogP contribution in [0.25, 0.3) is 0 Å². The average Bonchev–Trinajstić information content (AvgIpc) is 2.38. The molecule has 3 heteroatoms. The van der Waals surface area contributed by atoms with E-state index in [0.717, 1.165) is 11.4 Å².